The lowest BCUT2D eigenvalue weighted by molar-refractivity contribution is -0.148. The van der Waals surface area contributed by atoms with Crippen LogP contribution >= 0.6 is 11.6 Å². The monoisotopic (exact) mass is 467 g/mol. The molecule has 0 amide bonds. The Labute approximate surface area is 188 Å². The number of halogens is 4. The SMILES string of the molecule is C=CCn1c(C)cc(C(=O)CC(C#N)(C(=O)OCC)c2ncc(C(F)(F)F)cc2Cl)c1C. The zero-order valence-corrected chi connectivity index (χ0v) is 18.5. The number of ether oxygens (including phenoxy) is 1. The number of ketones is 1. The third-order valence-electron chi connectivity index (χ3n) is 5.00. The van der Waals surface area contributed by atoms with Gasteiger partial charge in [0.2, 0.25) is 5.41 Å². The van der Waals surface area contributed by atoms with Gasteiger partial charge < -0.3 is 9.30 Å². The van der Waals surface area contributed by atoms with Gasteiger partial charge in [-0.3, -0.25) is 9.78 Å². The third kappa shape index (κ3) is 4.70. The van der Waals surface area contributed by atoms with Crippen molar-refractivity contribution in [3.63, 3.8) is 0 Å². The number of pyridine rings is 1. The molecule has 0 aliphatic heterocycles. The molecule has 0 aliphatic carbocycles. The van der Waals surface area contributed by atoms with Crippen LogP contribution in [0, 0.1) is 25.2 Å². The van der Waals surface area contributed by atoms with Gasteiger partial charge in [0.15, 0.2) is 5.78 Å². The van der Waals surface area contributed by atoms with Gasteiger partial charge in [0.25, 0.3) is 0 Å². The maximum atomic E-state index is 13.2. The van der Waals surface area contributed by atoms with Crippen LogP contribution in [0.1, 0.15) is 46.3 Å². The van der Waals surface area contributed by atoms with E-state index in [4.69, 9.17) is 16.3 Å². The quantitative estimate of drug-likeness (QED) is 0.311. The van der Waals surface area contributed by atoms with E-state index in [2.05, 4.69) is 11.6 Å². The summed E-state index contributed by atoms with van der Waals surface area (Å²) in [5, 5.41) is 9.38. The molecule has 2 heterocycles. The van der Waals surface area contributed by atoms with E-state index < -0.39 is 46.0 Å². The van der Waals surface area contributed by atoms with Crippen molar-refractivity contribution in [1.82, 2.24) is 9.55 Å². The number of carbonyl (C=O) groups is 2. The van der Waals surface area contributed by atoms with Crippen molar-refractivity contribution in [2.45, 2.75) is 45.3 Å². The zero-order chi connectivity index (χ0) is 24.3. The van der Waals surface area contributed by atoms with Gasteiger partial charge in [0, 0.05) is 36.1 Å². The molecular weight excluding hydrogens is 447 g/mol. The van der Waals surface area contributed by atoms with Crippen molar-refractivity contribution < 1.29 is 27.5 Å². The number of allylic oxidation sites excluding steroid dienone is 1. The standard InChI is InChI=1S/C22H21ClF3N3O3/c1-5-7-29-13(3)8-16(14(29)4)18(30)10-21(12-27,20(31)32-6-2)19-17(23)9-15(11-28-19)22(24,25)26/h5,8-9,11H,1,6-7,10H2,2-4H3. The lowest BCUT2D eigenvalue weighted by Gasteiger charge is -2.24. The fourth-order valence-electron chi connectivity index (χ4n) is 3.38. The summed E-state index contributed by atoms with van der Waals surface area (Å²) in [6.07, 6.45) is -3.32. The molecule has 0 aliphatic rings. The topological polar surface area (TPSA) is 85.0 Å². The largest absolute Gasteiger partial charge is 0.464 e. The number of Topliss-reactive ketones (excluding diaryl/α,β-unsaturated/α-hetero) is 1. The third-order valence-corrected chi connectivity index (χ3v) is 5.29. The molecule has 2 aromatic heterocycles. The van der Waals surface area contributed by atoms with Crippen LogP contribution in [0.3, 0.4) is 0 Å². The van der Waals surface area contributed by atoms with Crippen LogP contribution < -0.4 is 0 Å². The van der Waals surface area contributed by atoms with E-state index >= 15 is 0 Å². The van der Waals surface area contributed by atoms with Gasteiger partial charge in [-0.05, 0) is 32.9 Å². The Bertz CT molecular complexity index is 1100. The average molecular weight is 468 g/mol. The Kier molecular flexibility index (Phi) is 7.52. The minimum Gasteiger partial charge on any atom is -0.464 e. The molecule has 6 nitrogen and oxygen atoms in total. The molecule has 2 aromatic rings. The molecule has 0 bridgehead atoms. The highest BCUT2D eigenvalue weighted by Gasteiger charge is 2.48. The minimum absolute atomic E-state index is 0.122. The maximum absolute atomic E-state index is 13.2. The van der Waals surface area contributed by atoms with Crippen LogP contribution in [0.4, 0.5) is 13.2 Å². The molecule has 0 saturated heterocycles. The number of rotatable bonds is 8. The maximum Gasteiger partial charge on any atom is 0.417 e. The second kappa shape index (κ2) is 9.57. The number of aromatic nitrogens is 2. The van der Waals surface area contributed by atoms with Gasteiger partial charge >= 0.3 is 12.1 Å². The Morgan fingerprint density at radius 1 is 1.34 bits per heavy atom. The minimum atomic E-state index is -4.73. The van der Waals surface area contributed by atoms with E-state index in [1.54, 1.807) is 32.1 Å². The number of esters is 1. The zero-order valence-electron chi connectivity index (χ0n) is 17.7. The first kappa shape index (κ1) is 25.1. The molecule has 0 N–H and O–H groups in total. The summed E-state index contributed by atoms with van der Waals surface area (Å²) in [7, 11) is 0. The van der Waals surface area contributed by atoms with Crippen molar-refractivity contribution in [2.75, 3.05) is 6.61 Å². The van der Waals surface area contributed by atoms with E-state index in [0.717, 1.165) is 5.69 Å². The highest BCUT2D eigenvalue weighted by atomic mass is 35.5. The Morgan fingerprint density at radius 3 is 2.50 bits per heavy atom. The molecule has 0 fully saturated rings. The molecule has 1 unspecified atom stereocenters. The van der Waals surface area contributed by atoms with Crippen molar-refractivity contribution >= 4 is 23.4 Å². The molecule has 0 saturated carbocycles. The molecule has 0 radical (unpaired) electrons. The summed E-state index contributed by atoms with van der Waals surface area (Å²) in [6.45, 7) is 8.96. The van der Waals surface area contributed by atoms with E-state index in [1.807, 2.05) is 4.57 Å². The molecule has 0 aromatic carbocycles. The van der Waals surface area contributed by atoms with Gasteiger partial charge in [-0.25, -0.2) is 4.79 Å². The first-order chi connectivity index (χ1) is 14.9. The van der Waals surface area contributed by atoms with E-state index in [-0.39, 0.29) is 12.2 Å². The van der Waals surface area contributed by atoms with Crippen LogP contribution in [0.15, 0.2) is 31.0 Å². The van der Waals surface area contributed by atoms with Crippen LogP contribution in [0.25, 0.3) is 0 Å². The van der Waals surface area contributed by atoms with Crippen LogP contribution in [-0.2, 0) is 27.7 Å². The van der Waals surface area contributed by atoms with Gasteiger partial charge in [-0.15, -0.1) is 6.58 Å². The smallest absolute Gasteiger partial charge is 0.417 e. The second-order valence-corrected chi connectivity index (χ2v) is 7.48. The summed E-state index contributed by atoms with van der Waals surface area (Å²) in [4.78, 5) is 29.7. The highest BCUT2D eigenvalue weighted by Crippen LogP contribution is 2.38. The summed E-state index contributed by atoms with van der Waals surface area (Å²) in [6, 6.07) is 3.91. The fraction of sp³-hybridized carbons (Fsp3) is 0.364. The lowest BCUT2D eigenvalue weighted by Crippen LogP contribution is -2.40. The first-order valence-electron chi connectivity index (χ1n) is 9.55. The molecule has 0 spiro atoms. The number of nitrogens with zero attached hydrogens (tertiary/aromatic N) is 3. The molecule has 32 heavy (non-hydrogen) atoms. The molecule has 2 rings (SSSR count). The Hall–Kier alpha value is -3.12. The second-order valence-electron chi connectivity index (χ2n) is 7.07. The van der Waals surface area contributed by atoms with Crippen molar-refractivity contribution in [1.29, 1.82) is 5.26 Å². The summed E-state index contributed by atoms with van der Waals surface area (Å²) in [5.41, 5.74) is -2.33. The summed E-state index contributed by atoms with van der Waals surface area (Å²) in [5.74, 6) is -1.70. The number of carbonyl (C=O) groups excluding carboxylic acids is 2. The average Bonchev–Trinajstić information content (AvgIpc) is 3.00. The number of aryl methyl sites for hydroxylation is 1. The van der Waals surface area contributed by atoms with Gasteiger partial charge in [-0.1, -0.05) is 17.7 Å². The number of hydrogen-bond donors (Lipinski definition) is 0. The predicted octanol–water partition coefficient (Wildman–Crippen LogP) is 4.96. The lowest BCUT2D eigenvalue weighted by atomic mass is 9.79. The summed E-state index contributed by atoms with van der Waals surface area (Å²) >= 11 is 6.03. The molecular formula is C22H21ClF3N3O3. The van der Waals surface area contributed by atoms with Gasteiger partial charge in [0.05, 0.1) is 29.0 Å². The van der Waals surface area contributed by atoms with E-state index in [9.17, 15) is 28.0 Å². The normalized spacial score (nSPS) is 13.2. The van der Waals surface area contributed by atoms with Crippen molar-refractivity contribution in [2.24, 2.45) is 0 Å². The van der Waals surface area contributed by atoms with Gasteiger partial charge in [-0.2, -0.15) is 18.4 Å². The van der Waals surface area contributed by atoms with Gasteiger partial charge in [0.1, 0.15) is 0 Å². The number of alkyl halides is 3. The Morgan fingerprint density at radius 2 is 2.00 bits per heavy atom. The predicted molar refractivity (Wildman–Crippen MR) is 111 cm³/mol. The van der Waals surface area contributed by atoms with E-state index in [0.29, 0.717) is 24.5 Å². The molecule has 10 heteroatoms. The number of nitriles is 1. The van der Waals surface area contributed by atoms with Crippen LogP contribution in [0.2, 0.25) is 5.02 Å². The van der Waals surface area contributed by atoms with Crippen LogP contribution in [0.5, 0.6) is 0 Å². The van der Waals surface area contributed by atoms with Crippen LogP contribution in [-0.4, -0.2) is 27.9 Å². The summed E-state index contributed by atoms with van der Waals surface area (Å²) < 4.78 is 45.9. The Balaban J connectivity index is 2.62. The van der Waals surface area contributed by atoms with E-state index in [1.165, 1.54) is 6.92 Å². The molecule has 170 valence electrons. The highest BCUT2D eigenvalue weighted by molar-refractivity contribution is 6.31. The number of hydrogen-bond acceptors (Lipinski definition) is 5. The molecule has 1 atom stereocenters. The van der Waals surface area contributed by atoms with Crippen molar-refractivity contribution in [3.05, 3.63) is 64.2 Å². The fourth-order valence-corrected chi connectivity index (χ4v) is 3.71. The van der Waals surface area contributed by atoms with Crippen molar-refractivity contribution in [3.8, 4) is 6.07 Å². The first-order valence-corrected chi connectivity index (χ1v) is 9.93.